The van der Waals surface area contributed by atoms with Crippen molar-refractivity contribution in [3.63, 3.8) is 0 Å². The van der Waals surface area contributed by atoms with Crippen LogP contribution in [-0.4, -0.2) is 5.78 Å². The van der Waals surface area contributed by atoms with Crippen LogP contribution in [0, 0.1) is 5.82 Å². The fraction of sp³-hybridized carbons (Fsp3) is 0.588. The van der Waals surface area contributed by atoms with Crippen molar-refractivity contribution in [3.05, 3.63) is 35.6 Å². The van der Waals surface area contributed by atoms with Crippen molar-refractivity contribution in [1.82, 2.24) is 0 Å². The van der Waals surface area contributed by atoms with Crippen LogP contribution in [-0.2, 0) is 4.79 Å². The van der Waals surface area contributed by atoms with Gasteiger partial charge in [-0.2, -0.15) is 0 Å². The number of ketones is 1. The van der Waals surface area contributed by atoms with Crippen LogP contribution in [0.25, 0.3) is 0 Å². The van der Waals surface area contributed by atoms with Crippen molar-refractivity contribution in [1.29, 1.82) is 0 Å². The lowest BCUT2D eigenvalue weighted by molar-refractivity contribution is -0.118. The van der Waals surface area contributed by atoms with Gasteiger partial charge in [-0.25, -0.2) is 4.39 Å². The molecule has 1 unspecified atom stereocenters. The second kappa shape index (κ2) is 9.93. The summed E-state index contributed by atoms with van der Waals surface area (Å²) in [6, 6.07) is 5.84. The van der Waals surface area contributed by atoms with Crippen molar-refractivity contribution < 1.29 is 9.18 Å². The molecule has 1 atom stereocenters. The number of Topliss-reactive ketones (excluding diaryl/α,β-unsaturated/α-hetero) is 1. The molecule has 0 saturated heterocycles. The molecule has 3 heteroatoms. The zero-order valence-electron chi connectivity index (χ0n) is 12.2. The predicted octanol–water partition coefficient (Wildman–Crippen LogP) is 5.82. The summed E-state index contributed by atoms with van der Waals surface area (Å²) in [4.78, 5) is 11.9. The fourth-order valence-corrected chi connectivity index (χ4v) is 2.46. The summed E-state index contributed by atoms with van der Waals surface area (Å²) in [5.74, 6) is -0.274. The maximum atomic E-state index is 12.8. The maximum absolute atomic E-state index is 12.8. The standard InChI is InChI=1S/C17H24ClFO/c1-2-3-4-5-6-7-8-9-16(20)17(18)14-10-12-15(19)13-11-14/h10-13,17H,2-9H2,1H3. The second-order valence-electron chi connectivity index (χ2n) is 5.25. The minimum atomic E-state index is -0.643. The maximum Gasteiger partial charge on any atom is 0.155 e. The van der Waals surface area contributed by atoms with Crippen LogP contribution in [0.1, 0.15) is 69.2 Å². The van der Waals surface area contributed by atoms with Crippen LogP contribution < -0.4 is 0 Å². The lowest BCUT2D eigenvalue weighted by Crippen LogP contribution is -2.06. The second-order valence-corrected chi connectivity index (χ2v) is 5.69. The Bertz CT molecular complexity index is 388. The number of carbonyl (C=O) groups excluding carboxylic acids is 1. The Morgan fingerprint density at radius 3 is 2.20 bits per heavy atom. The van der Waals surface area contributed by atoms with Gasteiger partial charge < -0.3 is 0 Å². The zero-order valence-corrected chi connectivity index (χ0v) is 13.0. The highest BCUT2D eigenvalue weighted by molar-refractivity contribution is 6.31. The first-order valence-corrected chi connectivity index (χ1v) is 8.01. The van der Waals surface area contributed by atoms with E-state index < -0.39 is 5.38 Å². The summed E-state index contributed by atoms with van der Waals surface area (Å²) in [6.45, 7) is 2.20. The number of hydrogen-bond acceptors (Lipinski definition) is 1. The van der Waals surface area contributed by atoms with Crippen LogP contribution in [0.5, 0.6) is 0 Å². The van der Waals surface area contributed by atoms with Crippen LogP contribution in [0.3, 0.4) is 0 Å². The lowest BCUT2D eigenvalue weighted by atomic mass is 10.0. The van der Waals surface area contributed by atoms with Gasteiger partial charge >= 0.3 is 0 Å². The van der Waals surface area contributed by atoms with Crippen molar-refractivity contribution >= 4 is 17.4 Å². The summed E-state index contributed by atoms with van der Waals surface area (Å²) in [7, 11) is 0. The summed E-state index contributed by atoms with van der Waals surface area (Å²) in [5, 5.41) is -0.643. The Balaban J connectivity index is 2.20. The first-order valence-electron chi connectivity index (χ1n) is 7.57. The number of unbranched alkanes of at least 4 members (excludes halogenated alkanes) is 6. The summed E-state index contributed by atoms with van der Waals surface area (Å²) in [5.41, 5.74) is 0.681. The van der Waals surface area contributed by atoms with Gasteiger partial charge in [0, 0.05) is 6.42 Å². The van der Waals surface area contributed by atoms with E-state index in [4.69, 9.17) is 11.6 Å². The third-order valence-electron chi connectivity index (χ3n) is 3.47. The molecule has 0 aliphatic rings. The summed E-state index contributed by atoms with van der Waals surface area (Å²) >= 11 is 6.12. The number of alkyl halides is 1. The van der Waals surface area contributed by atoms with Gasteiger partial charge in [0.05, 0.1) is 0 Å². The topological polar surface area (TPSA) is 17.1 Å². The highest BCUT2D eigenvalue weighted by Crippen LogP contribution is 2.24. The van der Waals surface area contributed by atoms with E-state index in [1.807, 2.05) is 0 Å². The number of carbonyl (C=O) groups is 1. The first kappa shape index (κ1) is 17.2. The molecular weight excluding hydrogens is 275 g/mol. The fourth-order valence-electron chi connectivity index (χ4n) is 2.20. The molecule has 0 N–H and O–H groups in total. The van der Waals surface area contributed by atoms with E-state index in [-0.39, 0.29) is 11.6 Å². The molecule has 0 spiro atoms. The third-order valence-corrected chi connectivity index (χ3v) is 3.97. The normalized spacial score (nSPS) is 12.3. The van der Waals surface area contributed by atoms with Gasteiger partial charge in [0.25, 0.3) is 0 Å². The molecular formula is C17H24ClFO. The monoisotopic (exact) mass is 298 g/mol. The minimum Gasteiger partial charge on any atom is -0.298 e. The van der Waals surface area contributed by atoms with Gasteiger partial charge in [0.2, 0.25) is 0 Å². The molecule has 0 aromatic heterocycles. The molecule has 0 heterocycles. The number of halogens is 2. The van der Waals surface area contributed by atoms with Gasteiger partial charge in [-0.15, -0.1) is 11.6 Å². The number of benzene rings is 1. The highest BCUT2D eigenvalue weighted by Gasteiger charge is 2.16. The summed E-state index contributed by atoms with van der Waals surface area (Å²) < 4.78 is 12.8. The minimum absolute atomic E-state index is 0.0341. The van der Waals surface area contributed by atoms with Gasteiger partial charge in [-0.1, -0.05) is 57.6 Å². The molecule has 0 saturated carbocycles. The van der Waals surface area contributed by atoms with E-state index in [9.17, 15) is 9.18 Å². The van der Waals surface area contributed by atoms with E-state index in [2.05, 4.69) is 6.92 Å². The van der Waals surface area contributed by atoms with Crippen molar-refractivity contribution in [2.45, 2.75) is 63.7 Å². The molecule has 0 amide bonds. The van der Waals surface area contributed by atoms with Crippen LogP contribution >= 0.6 is 11.6 Å². The average molecular weight is 299 g/mol. The van der Waals surface area contributed by atoms with E-state index in [1.165, 1.54) is 44.2 Å². The Morgan fingerprint density at radius 2 is 1.60 bits per heavy atom. The van der Waals surface area contributed by atoms with Crippen LogP contribution in [0.4, 0.5) is 4.39 Å². The molecule has 1 nitrogen and oxygen atoms in total. The Labute approximate surface area is 126 Å². The predicted molar refractivity (Wildman–Crippen MR) is 82.6 cm³/mol. The third kappa shape index (κ3) is 6.51. The molecule has 1 aromatic rings. The molecule has 0 aliphatic heterocycles. The molecule has 112 valence electrons. The van der Waals surface area contributed by atoms with Crippen molar-refractivity contribution in [3.8, 4) is 0 Å². The molecule has 0 aliphatic carbocycles. The van der Waals surface area contributed by atoms with Crippen molar-refractivity contribution in [2.75, 3.05) is 0 Å². The first-order chi connectivity index (χ1) is 9.65. The van der Waals surface area contributed by atoms with E-state index in [1.54, 1.807) is 12.1 Å². The average Bonchev–Trinajstić information content (AvgIpc) is 2.46. The highest BCUT2D eigenvalue weighted by atomic mass is 35.5. The lowest BCUT2D eigenvalue weighted by Gasteiger charge is -2.08. The molecule has 0 bridgehead atoms. The Kier molecular flexibility index (Phi) is 8.52. The van der Waals surface area contributed by atoms with E-state index >= 15 is 0 Å². The molecule has 20 heavy (non-hydrogen) atoms. The van der Waals surface area contributed by atoms with Crippen LogP contribution in [0.15, 0.2) is 24.3 Å². The van der Waals surface area contributed by atoms with Gasteiger partial charge in [0.1, 0.15) is 11.2 Å². The van der Waals surface area contributed by atoms with E-state index in [0.717, 1.165) is 12.8 Å². The van der Waals surface area contributed by atoms with Crippen LogP contribution in [0.2, 0.25) is 0 Å². The molecule has 0 fully saturated rings. The summed E-state index contributed by atoms with van der Waals surface area (Å²) in [6.07, 6.45) is 8.79. The molecule has 0 radical (unpaired) electrons. The molecule has 1 rings (SSSR count). The SMILES string of the molecule is CCCCCCCCCC(=O)C(Cl)c1ccc(F)cc1. The van der Waals surface area contributed by atoms with E-state index in [0.29, 0.717) is 12.0 Å². The largest absolute Gasteiger partial charge is 0.298 e. The van der Waals surface area contributed by atoms with Gasteiger partial charge in [-0.3, -0.25) is 4.79 Å². The Morgan fingerprint density at radius 1 is 1.05 bits per heavy atom. The van der Waals surface area contributed by atoms with Gasteiger partial charge in [-0.05, 0) is 24.1 Å². The van der Waals surface area contributed by atoms with Crippen molar-refractivity contribution in [2.24, 2.45) is 0 Å². The van der Waals surface area contributed by atoms with Gasteiger partial charge in [0.15, 0.2) is 5.78 Å². The smallest absolute Gasteiger partial charge is 0.155 e. The molecule has 1 aromatic carbocycles. The quantitative estimate of drug-likeness (QED) is 0.393. The number of rotatable bonds is 10. The number of hydrogen-bond donors (Lipinski definition) is 0. The Hall–Kier alpha value is -0.890. The zero-order chi connectivity index (χ0) is 14.8.